The van der Waals surface area contributed by atoms with E-state index in [0.29, 0.717) is 19.6 Å². The van der Waals surface area contributed by atoms with E-state index in [1.807, 2.05) is 0 Å². The number of ether oxygens (including phenoxy) is 2. The van der Waals surface area contributed by atoms with Gasteiger partial charge in [-0.15, -0.1) is 0 Å². The van der Waals surface area contributed by atoms with Crippen molar-refractivity contribution >= 4 is 50.2 Å². The first-order valence-corrected chi connectivity index (χ1v) is 22.3. The molecule has 1 amide bonds. The molecule has 0 aliphatic heterocycles. The first kappa shape index (κ1) is 44.0. The maximum atomic E-state index is 13.2. The van der Waals surface area contributed by atoms with Crippen LogP contribution in [0.3, 0.4) is 0 Å². The number of esters is 2. The summed E-state index contributed by atoms with van der Waals surface area (Å²) in [5.41, 5.74) is 1.19. The number of unbranched alkanes of at least 4 members (excludes halogenated alkanes) is 18. The minimum atomic E-state index is -0.863. The van der Waals surface area contributed by atoms with Crippen LogP contribution >= 0.6 is 0 Å². The van der Waals surface area contributed by atoms with Crippen molar-refractivity contribution in [2.75, 3.05) is 13.2 Å². The van der Waals surface area contributed by atoms with Crippen LogP contribution in [0.2, 0.25) is 0 Å². The number of hydrogen-bond acceptors (Lipinski definition) is 5. The van der Waals surface area contributed by atoms with E-state index in [2.05, 4.69) is 73.8 Å². The number of benzene rings is 4. The van der Waals surface area contributed by atoms with Gasteiger partial charge in [0.25, 0.3) is 0 Å². The molecule has 1 atom stereocenters. The molecule has 0 heterocycles. The molecule has 0 spiro atoms. The lowest BCUT2D eigenvalue weighted by Gasteiger charge is -2.18. The quantitative estimate of drug-likeness (QED) is 0.0314. The molecule has 0 aromatic heterocycles. The van der Waals surface area contributed by atoms with Gasteiger partial charge in [-0.1, -0.05) is 184 Å². The van der Waals surface area contributed by atoms with Gasteiger partial charge in [0, 0.05) is 12.8 Å². The van der Waals surface area contributed by atoms with Crippen molar-refractivity contribution in [2.45, 2.75) is 180 Å². The summed E-state index contributed by atoms with van der Waals surface area (Å²) in [5, 5.41) is 10.4. The minimum absolute atomic E-state index is 0.0693. The van der Waals surface area contributed by atoms with E-state index in [9.17, 15) is 14.4 Å². The van der Waals surface area contributed by atoms with Gasteiger partial charge in [0.15, 0.2) is 0 Å². The van der Waals surface area contributed by atoms with Crippen molar-refractivity contribution in [3.8, 4) is 0 Å². The van der Waals surface area contributed by atoms with Crippen molar-refractivity contribution in [2.24, 2.45) is 0 Å². The van der Waals surface area contributed by atoms with Gasteiger partial charge in [-0.05, 0) is 70.0 Å². The van der Waals surface area contributed by atoms with Crippen molar-refractivity contribution in [1.82, 2.24) is 5.32 Å². The molecule has 4 aromatic carbocycles. The Labute approximate surface area is 332 Å². The predicted molar refractivity (Wildman–Crippen MR) is 230 cm³/mol. The fraction of sp³-hybridized carbons (Fsp3) is 0.612. The van der Waals surface area contributed by atoms with Crippen LogP contribution in [0.15, 0.2) is 54.6 Å². The number of hydrogen-bond donors (Lipinski definition) is 1. The van der Waals surface area contributed by atoms with Gasteiger partial charge in [0.1, 0.15) is 6.04 Å². The van der Waals surface area contributed by atoms with Gasteiger partial charge in [0.2, 0.25) is 5.91 Å². The summed E-state index contributed by atoms with van der Waals surface area (Å²) in [7, 11) is 0. The van der Waals surface area contributed by atoms with Crippen LogP contribution in [-0.2, 0) is 30.3 Å². The molecular formula is C49H71NO5. The van der Waals surface area contributed by atoms with Crippen LogP contribution in [0.5, 0.6) is 0 Å². The molecule has 302 valence electrons. The topological polar surface area (TPSA) is 81.7 Å². The summed E-state index contributed by atoms with van der Waals surface area (Å²) in [6.07, 6.45) is 26.2. The fourth-order valence-corrected chi connectivity index (χ4v) is 7.90. The van der Waals surface area contributed by atoms with Gasteiger partial charge >= 0.3 is 11.9 Å². The van der Waals surface area contributed by atoms with Gasteiger partial charge in [-0.3, -0.25) is 9.59 Å². The van der Waals surface area contributed by atoms with E-state index in [-0.39, 0.29) is 31.1 Å². The average molecular weight is 754 g/mol. The standard InChI is InChI=1S/C49H71NO5/c1-3-5-7-9-11-13-15-17-19-21-35-54-46(52)34-33-44(49(53)55-36-22-20-18-16-14-12-10-8-6-4-2)50-45(51)28-23-25-39-37-42-31-29-40-26-24-27-41-30-32-43(38-39)48(42)47(40)41/h24,26-27,29-32,37-38,44H,3-23,25,28,33-36H2,1-2H3,(H,50,51)/t44-/m0/s1. The summed E-state index contributed by atoms with van der Waals surface area (Å²) in [6, 6.07) is 18.8. The van der Waals surface area contributed by atoms with Crippen LogP contribution < -0.4 is 5.32 Å². The minimum Gasteiger partial charge on any atom is -0.466 e. The first-order valence-electron chi connectivity index (χ1n) is 22.3. The van der Waals surface area contributed by atoms with Gasteiger partial charge in [-0.2, -0.15) is 0 Å². The molecule has 6 nitrogen and oxygen atoms in total. The third-order valence-electron chi connectivity index (χ3n) is 11.2. The molecule has 0 bridgehead atoms. The Kier molecular flexibility index (Phi) is 21.0. The lowest BCUT2D eigenvalue weighted by atomic mass is 9.92. The number of carbonyl (C=O) groups is 3. The maximum absolute atomic E-state index is 13.2. The van der Waals surface area contributed by atoms with Gasteiger partial charge < -0.3 is 14.8 Å². The zero-order valence-corrected chi connectivity index (χ0v) is 34.4. The molecule has 0 fully saturated rings. The maximum Gasteiger partial charge on any atom is 0.328 e. The second-order valence-electron chi connectivity index (χ2n) is 15.9. The van der Waals surface area contributed by atoms with Crippen LogP contribution in [0.25, 0.3) is 32.3 Å². The molecule has 1 N–H and O–H groups in total. The SMILES string of the molecule is CCCCCCCCCCCCOC(=O)CC[C@H](NC(=O)CCCc1cc2ccc3cccc4ccc(c1)c2c34)C(=O)OCCCCCCCCCCCC. The Hall–Kier alpha value is -3.67. The van der Waals surface area contributed by atoms with Crippen LogP contribution in [-0.4, -0.2) is 37.1 Å². The number of aryl methyl sites for hydroxylation is 1. The summed E-state index contributed by atoms with van der Waals surface area (Å²) >= 11 is 0. The molecule has 0 saturated heterocycles. The molecule has 55 heavy (non-hydrogen) atoms. The van der Waals surface area contributed by atoms with E-state index in [4.69, 9.17) is 9.47 Å². The molecule has 6 heteroatoms. The smallest absolute Gasteiger partial charge is 0.328 e. The zero-order chi connectivity index (χ0) is 38.9. The van der Waals surface area contributed by atoms with E-state index >= 15 is 0 Å². The Balaban J connectivity index is 1.19. The Morgan fingerprint density at radius 3 is 1.51 bits per heavy atom. The summed E-state index contributed by atoms with van der Waals surface area (Å²) in [4.78, 5) is 39.0. The van der Waals surface area contributed by atoms with Crippen molar-refractivity contribution in [3.05, 3.63) is 60.2 Å². The summed E-state index contributed by atoms with van der Waals surface area (Å²) < 4.78 is 11.1. The normalized spacial score (nSPS) is 12.1. The fourth-order valence-electron chi connectivity index (χ4n) is 7.90. The predicted octanol–water partition coefficient (Wildman–Crippen LogP) is 13.1. The average Bonchev–Trinajstić information content (AvgIpc) is 3.19. The number of rotatable bonds is 31. The molecule has 4 rings (SSSR count). The third-order valence-corrected chi connectivity index (χ3v) is 11.2. The molecular weight excluding hydrogens is 683 g/mol. The van der Waals surface area contributed by atoms with Gasteiger partial charge in [0.05, 0.1) is 13.2 Å². The largest absolute Gasteiger partial charge is 0.466 e. The monoisotopic (exact) mass is 754 g/mol. The molecule has 4 aromatic rings. The third kappa shape index (κ3) is 16.1. The first-order chi connectivity index (χ1) is 27.0. The van der Waals surface area contributed by atoms with Crippen LogP contribution in [0.4, 0.5) is 0 Å². The molecule has 0 aliphatic carbocycles. The van der Waals surface area contributed by atoms with E-state index in [0.717, 1.165) is 38.5 Å². The number of nitrogens with one attached hydrogen (secondary N) is 1. The lowest BCUT2D eigenvalue weighted by molar-refractivity contribution is -0.149. The van der Waals surface area contributed by atoms with Crippen molar-refractivity contribution < 1.29 is 23.9 Å². The summed E-state index contributed by atoms with van der Waals surface area (Å²) in [5.74, 6) is -0.983. The highest BCUT2D eigenvalue weighted by Crippen LogP contribution is 2.35. The summed E-state index contributed by atoms with van der Waals surface area (Å²) in [6.45, 7) is 5.23. The number of amides is 1. The van der Waals surface area contributed by atoms with E-state index < -0.39 is 12.0 Å². The lowest BCUT2D eigenvalue weighted by Crippen LogP contribution is -2.42. The molecule has 0 saturated carbocycles. The van der Waals surface area contributed by atoms with Crippen molar-refractivity contribution in [1.29, 1.82) is 0 Å². The van der Waals surface area contributed by atoms with E-state index in [1.54, 1.807) is 0 Å². The Morgan fingerprint density at radius 2 is 0.982 bits per heavy atom. The molecule has 0 aliphatic rings. The van der Waals surface area contributed by atoms with Crippen molar-refractivity contribution in [3.63, 3.8) is 0 Å². The zero-order valence-electron chi connectivity index (χ0n) is 34.4. The van der Waals surface area contributed by atoms with Crippen LogP contribution in [0.1, 0.15) is 174 Å². The Morgan fingerprint density at radius 1 is 0.527 bits per heavy atom. The molecule has 0 radical (unpaired) electrons. The van der Waals surface area contributed by atoms with Gasteiger partial charge in [-0.25, -0.2) is 4.79 Å². The number of carbonyl (C=O) groups excluding carboxylic acids is 3. The Bertz CT molecular complexity index is 1620. The highest BCUT2D eigenvalue weighted by molar-refractivity contribution is 6.23. The second-order valence-corrected chi connectivity index (χ2v) is 15.9. The van der Waals surface area contributed by atoms with Crippen LogP contribution in [0, 0.1) is 0 Å². The highest BCUT2D eigenvalue weighted by atomic mass is 16.5. The molecule has 0 unspecified atom stereocenters. The highest BCUT2D eigenvalue weighted by Gasteiger charge is 2.24. The van der Waals surface area contributed by atoms with E-state index in [1.165, 1.54) is 134 Å². The second kappa shape index (κ2) is 26.2.